The number of hydrogen-bond acceptors (Lipinski definition) is 5. The van der Waals surface area contributed by atoms with Crippen LogP contribution in [0.3, 0.4) is 0 Å². The van der Waals surface area contributed by atoms with Gasteiger partial charge in [0.1, 0.15) is 17.9 Å². The Hall–Kier alpha value is -2.54. The van der Waals surface area contributed by atoms with E-state index in [4.69, 9.17) is 14.2 Å². The Morgan fingerprint density at radius 1 is 1.14 bits per heavy atom. The van der Waals surface area contributed by atoms with Crippen molar-refractivity contribution in [2.24, 2.45) is 0 Å². The Morgan fingerprint density at radius 3 is 2.38 bits per heavy atom. The van der Waals surface area contributed by atoms with E-state index in [0.717, 1.165) is 16.5 Å². The number of esters is 1. The molecular formula is C22H32N2O5. The fraction of sp³-hybridized carbons (Fsp3) is 0.545. The first-order valence-electron chi connectivity index (χ1n) is 9.73. The number of rotatable bonds is 7. The predicted octanol–water partition coefficient (Wildman–Crippen LogP) is 4.26. The highest BCUT2D eigenvalue weighted by Crippen LogP contribution is 2.29. The molecule has 0 unspecified atom stereocenters. The van der Waals surface area contributed by atoms with Gasteiger partial charge in [0, 0.05) is 30.6 Å². The number of ether oxygens (including phenoxy) is 3. The van der Waals surface area contributed by atoms with Gasteiger partial charge in [-0.15, -0.1) is 0 Å². The van der Waals surface area contributed by atoms with E-state index in [1.165, 1.54) is 12.0 Å². The van der Waals surface area contributed by atoms with Crippen LogP contribution in [0.25, 0.3) is 10.9 Å². The van der Waals surface area contributed by atoms with Crippen molar-refractivity contribution in [3.63, 3.8) is 0 Å². The number of methoxy groups -OCH3 is 1. The number of benzene rings is 1. The first-order valence-corrected chi connectivity index (χ1v) is 9.73. The summed E-state index contributed by atoms with van der Waals surface area (Å²) in [6.07, 6.45) is 1.13. The van der Waals surface area contributed by atoms with E-state index in [0.29, 0.717) is 0 Å². The van der Waals surface area contributed by atoms with Gasteiger partial charge in [0.25, 0.3) is 0 Å². The smallest absolute Gasteiger partial charge is 0.413 e. The normalized spacial score (nSPS) is 13.9. The first-order chi connectivity index (χ1) is 13.5. The number of nitrogens with zero attached hydrogens (tertiary/aromatic N) is 1. The third-order valence-electron chi connectivity index (χ3n) is 4.46. The van der Waals surface area contributed by atoms with Crippen LogP contribution in [0.5, 0.6) is 0 Å². The summed E-state index contributed by atoms with van der Waals surface area (Å²) < 4.78 is 16.3. The minimum Gasteiger partial charge on any atom is -0.461 e. The molecule has 160 valence electrons. The zero-order valence-corrected chi connectivity index (χ0v) is 18.4. The van der Waals surface area contributed by atoms with Gasteiger partial charge in [-0.1, -0.05) is 18.2 Å². The van der Waals surface area contributed by atoms with E-state index < -0.39 is 23.2 Å². The summed E-state index contributed by atoms with van der Waals surface area (Å²) in [4.78, 5) is 30.7. The van der Waals surface area contributed by atoms with Crippen LogP contribution in [0, 0.1) is 0 Å². The van der Waals surface area contributed by atoms with Crippen molar-refractivity contribution < 1.29 is 23.8 Å². The van der Waals surface area contributed by atoms with Crippen LogP contribution in [0.2, 0.25) is 0 Å². The standard InChI is InChI=1S/C22H32N2O5/c1-15(2)28-19(25)22(6,24(14-27-7)20(26)29-21(3,4)5)12-16-13-23-18-11-9-8-10-17(16)18/h8-11,13,15,23H,12,14H2,1-7H3/t22-/m0/s1. The maximum Gasteiger partial charge on any atom is 0.413 e. The number of para-hydroxylation sites is 1. The maximum atomic E-state index is 13.2. The average molecular weight is 405 g/mol. The largest absolute Gasteiger partial charge is 0.461 e. The molecule has 0 aliphatic rings. The Bertz CT molecular complexity index is 852. The van der Waals surface area contributed by atoms with E-state index in [9.17, 15) is 9.59 Å². The number of aromatic amines is 1. The molecule has 0 spiro atoms. The monoisotopic (exact) mass is 404 g/mol. The van der Waals surface area contributed by atoms with Gasteiger partial charge < -0.3 is 19.2 Å². The molecule has 2 aromatic rings. The molecular weight excluding hydrogens is 372 g/mol. The molecule has 1 aromatic heterocycles. The zero-order valence-electron chi connectivity index (χ0n) is 18.4. The van der Waals surface area contributed by atoms with Crippen LogP contribution in [0.4, 0.5) is 4.79 Å². The van der Waals surface area contributed by atoms with Gasteiger partial charge in [-0.25, -0.2) is 9.59 Å². The van der Waals surface area contributed by atoms with Crippen LogP contribution in [0.15, 0.2) is 30.5 Å². The van der Waals surface area contributed by atoms with Crippen LogP contribution in [0.1, 0.15) is 47.1 Å². The van der Waals surface area contributed by atoms with Gasteiger partial charge in [-0.05, 0) is 53.2 Å². The molecule has 0 saturated heterocycles. The first kappa shape index (κ1) is 22.7. The lowest BCUT2D eigenvalue weighted by molar-refractivity contribution is -0.164. The van der Waals surface area contributed by atoms with Crippen LogP contribution in [-0.4, -0.2) is 53.0 Å². The summed E-state index contributed by atoms with van der Waals surface area (Å²) in [5.41, 5.74) is -0.188. The highest BCUT2D eigenvalue weighted by Gasteiger charge is 2.46. The van der Waals surface area contributed by atoms with Crippen molar-refractivity contribution in [3.05, 3.63) is 36.0 Å². The molecule has 0 aliphatic heterocycles. The van der Waals surface area contributed by atoms with Gasteiger partial charge in [0.15, 0.2) is 0 Å². The molecule has 0 aliphatic carbocycles. The number of hydrogen-bond donors (Lipinski definition) is 1. The average Bonchev–Trinajstić information content (AvgIpc) is 3.00. The SMILES string of the molecule is COCN(C(=O)OC(C)(C)C)[C@@](C)(Cc1c[nH]c2ccccc12)C(=O)OC(C)C. The molecule has 1 N–H and O–H groups in total. The molecule has 0 bridgehead atoms. The predicted molar refractivity (Wildman–Crippen MR) is 112 cm³/mol. The minimum atomic E-state index is -1.33. The number of aromatic nitrogens is 1. The second kappa shape index (κ2) is 8.86. The van der Waals surface area contributed by atoms with E-state index in [1.807, 2.05) is 30.5 Å². The molecule has 7 nitrogen and oxygen atoms in total. The fourth-order valence-corrected chi connectivity index (χ4v) is 3.11. The molecule has 29 heavy (non-hydrogen) atoms. The summed E-state index contributed by atoms with van der Waals surface area (Å²) in [5, 5.41) is 0.984. The molecule has 0 saturated carbocycles. The molecule has 1 aromatic carbocycles. The lowest BCUT2D eigenvalue weighted by Gasteiger charge is -2.39. The third-order valence-corrected chi connectivity index (χ3v) is 4.46. The second-order valence-electron chi connectivity index (χ2n) is 8.59. The highest BCUT2D eigenvalue weighted by atomic mass is 16.6. The van der Waals surface area contributed by atoms with Gasteiger partial charge in [-0.2, -0.15) is 0 Å². The summed E-state index contributed by atoms with van der Waals surface area (Å²) in [6.45, 7) is 10.5. The van der Waals surface area contributed by atoms with E-state index >= 15 is 0 Å². The van der Waals surface area contributed by atoms with E-state index in [2.05, 4.69) is 4.98 Å². The van der Waals surface area contributed by atoms with Crippen molar-refractivity contribution in [3.8, 4) is 0 Å². The Labute approximate surface area is 172 Å². The maximum absolute atomic E-state index is 13.2. The number of fused-ring (bicyclic) bond motifs is 1. The molecule has 0 radical (unpaired) electrons. The van der Waals surface area contributed by atoms with E-state index in [-0.39, 0.29) is 19.3 Å². The van der Waals surface area contributed by atoms with Crippen LogP contribution in [-0.2, 0) is 25.4 Å². The second-order valence-corrected chi connectivity index (χ2v) is 8.59. The van der Waals surface area contributed by atoms with Crippen molar-refractivity contribution in [1.82, 2.24) is 9.88 Å². The molecule has 0 fully saturated rings. The molecule has 1 atom stereocenters. The van der Waals surface area contributed by atoms with Crippen molar-refractivity contribution in [2.45, 2.75) is 65.2 Å². The van der Waals surface area contributed by atoms with E-state index in [1.54, 1.807) is 41.5 Å². The minimum absolute atomic E-state index is 0.110. The summed E-state index contributed by atoms with van der Waals surface area (Å²) in [6, 6.07) is 7.81. The number of carbonyl (C=O) groups excluding carboxylic acids is 2. The fourth-order valence-electron chi connectivity index (χ4n) is 3.11. The van der Waals surface area contributed by atoms with Crippen molar-refractivity contribution >= 4 is 23.0 Å². The Kier molecular flexibility index (Phi) is 6.95. The number of nitrogens with one attached hydrogen (secondary N) is 1. The number of amides is 1. The summed E-state index contributed by atoms with van der Waals surface area (Å²) >= 11 is 0. The Morgan fingerprint density at radius 2 is 1.79 bits per heavy atom. The molecule has 1 heterocycles. The molecule has 1 amide bonds. The van der Waals surface area contributed by atoms with Gasteiger partial charge in [0.05, 0.1) is 6.10 Å². The molecule has 7 heteroatoms. The number of H-pyrrole nitrogens is 1. The van der Waals surface area contributed by atoms with Gasteiger partial charge in [-0.3, -0.25) is 4.90 Å². The van der Waals surface area contributed by atoms with Gasteiger partial charge >= 0.3 is 12.1 Å². The molecule has 2 rings (SSSR count). The van der Waals surface area contributed by atoms with Crippen LogP contribution >= 0.6 is 0 Å². The van der Waals surface area contributed by atoms with Crippen molar-refractivity contribution in [1.29, 1.82) is 0 Å². The Balaban J connectivity index is 2.49. The topological polar surface area (TPSA) is 80.9 Å². The third kappa shape index (κ3) is 5.50. The lowest BCUT2D eigenvalue weighted by Crippen LogP contribution is -2.59. The highest BCUT2D eigenvalue weighted by molar-refractivity contribution is 5.88. The van der Waals surface area contributed by atoms with Crippen molar-refractivity contribution in [2.75, 3.05) is 13.8 Å². The summed E-state index contributed by atoms with van der Waals surface area (Å²) in [7, 11) is 1.47. The summed E-state index contributed by atoms with van der Waals surface area (Å²) in [5.74, 6) is -0.513. The van der Waals surface area contributed by atoms with Crippen LogP contribution < -0.4 is 0 Å². The van der Waals surface area contributed by atoms with Gasteiger partial charge in [0.2, 0.25) is 0 Å². The number of carbonyl (C=O) groups is 2. The zero-order chi connectivity index (χ0) is 21.8. The quantitative estimate of drug-likeness (QED) is 0.551. The lowest BCUT2D eigenvalue weighted by atomic mass is 9.91.